The van der Waals surface area contributed by atoms with Crippen molar-refractivity contribution in [2.45, 2.75) is 92.8 Å². The van der Waals surface area contributed by atoms with Gasteiger partial charge in [0.1, 0.15) is 0 Å². The normalized spacial score (nSPS) is 12.2. The summed E-state index contributed by atoms with van der Waals surface area (Å²) < 4.78 is 2.75. The van der Waals surface area contributed by atoms with Crippen molar-refractivity contribution in [3.63, 3.8) is 0 Å². The van der Waals surface area contributed by atoms with Crippen LogP contribution in [-0.2, 0) is 24.9 Å². The summed E-state index contributed by atoms with van der Waals surface area (Å²) >= 11 is 1.92. The van der Waals surface area contributed by atoms with Gasteiger partial charge in [0.05, 0.1) is 13.8 Å². The summed E-state index contributed by atoms with van der Waals surface area (Å²) in [5, 5.41) is 16.4. The Kier molecular flexibility index (Phi) is 13.5. The van der Waals surface area contributed by atoms with E-state index in [1.807, 2.05) is 45.2 Å². The number of rotatable bonds is 10. The maximum Gasteiger partial charge on any atom is 0.162 e. The number of hydrogen-bond acceptors (Lipinski definition) is 4. The standard InChI is InChI=1S/C27H26NSSi.C13H24O2.Ir/c1-17(2)22-16-19(15-18-9-6-7-10-20(18)22)26-25-21-11-8-12-24(30(3,4)5)27(21)29-23(25)13-14-28-26;1-5-10(6-2)12(14)9-13(15)11(7-3)8-4;/h6-14,16-17H,1-5H3;9-11,14H,5-8H2,1-4H3;/q-1;;/b;12-9-;. The largest absolute Gasteiger partial charge is 0.512 e. The number of aliphatic hydroxyl groups excluding tert-OH is 1. The summed E-state index contributed by atoms with van der Waals surface area (Å²) in [7, 11) is -1.44. The molecule has 0 aliphatic heterocycles. The fourth-order valence-electron chi connectivity index (χ4n) is 6.18. The molecule has 46 heavy (non-hydrogen) atoms. The second kappa shape index (κ2) is 16.5. The monoisotopic (exact) mass is 829 g/mol. The minimum Gasteiger partial charge on any atom is -0.512 e. The topological polar surface area (TPSA) is 50.2 Å². The van der Waals surface area contributed by atoms with E-state index in [2.05, 4.69) is 94.2 Å². The van der Waals surface area contributed by atoms with Gasteiger partial charge < -0.3 is 5.11 Å². The molecule has 2 heterocycles. The number of aromatic nitrogens is 1. The third-order valence-electron chi connectivity index (χ3n) is 8.98. The Bertz CT molecular complexity index is 1810. The second-order valence-electron chi connectivity index (χ2n) is 13.4. The van der Waals surface area contributed by atoms with E-state index in [1.54, 1.807) is 0 Å². The number of hydrogen-bond donors (Lipinski definition) is 1. The molecule has 5 aromatic rings. The summed E-state index contributed by atoms with van der Waals surface area (Å²) in [6, 6.07) is 23.6. The maximum atomic E-state index is 11.7. The Morgan fingerprint density at radius 2 is 1.54 bits per heavy atom. The van der Waals surface area contributed by atoms with Gasteiger partial charge in [0, 0.05) is 59.3 Å². The number of aliphatic hydroxyl groups is 1. The summed E-state index contributed by atoms with van der Waals surface area (Å²) in [5.41, 5.74) is 3.51. The van der Waals surface area contributed by atoms with Crippen LogP contribution >= 0.6 is 11.3 Å². The predicted octanol–water partition coefficient (Wildman–Crippen LogP) is 11.6. The zero-order valence-corrected chi connectivity index (χ0v) is 33.2. The first kappa shape index (κ1) is 37.8. The van der Waals surface area contributed by atoms with Gasteiger partial charge in [-0.2, -0.15) is 0 Å². The number of carbonyl (C=O) groups is 1. The zero-order valence-electron chi connectivity index (χ0n) is 29.0. The predicted molar refractivity (Wildman–Crippen MR) is 200 cm³/mol. The number of fused-ring (bicyclic) bond motifs is 4. The van der Waals surface area contributed by atoms with E-state index in [0.717, 1.165) is 36.9 Å². The van der Waals surface area contributed by atoms with Gasteiger partial charge in [-0.1, -0.05) is 109 Å². The Hall–Kier alpha value is -2.63. The van der Waals surface area contributed by atoms with Gasteiger partial charge in [0.2, 0.25) is 0 Å². The zero-order chi connectivity index (χ0) is 32.9. The van der Waals surface area contributed by atoms with Gasteiger partial charge in [-0.25, -0.2) is 0 Å². The minimum atomic E-state index is -1.44. The number of allylic oxidation sites excluding steroid dienone is 2. The summed E-state index contributed by atoms with van der Waals surface area (Å²) in [6.07, 6.45) is 6.86. The summed E-state index contributed by atoms with van der Waals surface area (Å²) in [4.78, 5) is 16.6. The number of carbonyl (C=O) groups excluding carboxylic acids is 1. The molecular formula is C40H50IrNO2SSi-. The number of benzene rings is 3. The van der Waals surface area contributed by atoms with Crippen LogP contribution in [0.5, 0.6) is 0 Å². The first-order valence-corrected chi connectivity index (χ1v) is 21.0. The van der Waals surface area contributed by atoms with Crippen molar-refractivity contribution in [3.8, 4) is 11.3 Å². The molecule has 0 saturated carbocycles. The molecule has 247 valence electrons. The Balaban J connectivity index is 0.000000309. The fourth-order valence-corrected chi connectivity index (χ4v) is 9.78. The Morgan fingerprint density at radius 3 is 2.15 bits per heavy atom. The molecule has 5 rings (SSSR count). The van der Waals surface area contributed by atoms with Gasteiger partial charge in [-0.05, 0) is 53.6 Å². The van der Waals surface area contributed by atoms with E-state index in [9.17, 15) is 9.90 Å². The first-order valence-electron chi connectivity index (χ1n) is 16.6. The third kappa shape index (κ3) is 8.25. The maximum absolute atomic E-state index is 11.7. The van der Waals surface area contributed by atoms with Crippen LogP contribution in [0.3, 0.4) is 0 Å². The van der Waals surface area contributed by atoms with Gasteiger partial charge in [0.25, 0.3) is 0 Å². The first-order chi connectivity index (χ1) is 21.4. The Morgan fingerprint density at radius 1 is 0.913 bits per heavy atom. The molecule has 1 radical (unpaired) electrons. The van der Waals surface area contributed by atoms with Crippen molar-refractivity contribution >= 4 is 61.3 Å². The van der Waals surface area contributed by atoms with Crippen molar-refractivity contribution in [1.29, 1.82) is 0 Å². The van der Waals surface area contributed by atoms with E-state index in [4.69, 9.17) is 4.98 Å². The van der Waals surface area contributed by atoms with Crippen LogP contribution in [0.4, 0.5) is 0 Å². The molecule has 0 amide bonds. The van der Waals surface area contributed by atoms with Gasteiger partial charge in [0.15, 0.2) is 5.78 Å². The Labute approximate surface area is 294 Å². The van der Waals surface area contributed by atoms with Crippen LogP contribution < -0.4 is 5.19 Å². The molecular weight excluding hydrogens is 779 g/mol. The third-order valence-corrected chi connectivity index (χ3v) is 12.4. The van der Waals surface area contributed by atoms with Crippen molar-refractivity contribution < 1.29 is 30.0 Å². The second-order valence-corrected chi connectivity index (χ2v) is 19.5. The molecule has 0 atom stereocenters. The smallest absolute Gasteiger partial charge is 0.162 e. The van der Waals surface area contributed by atoms with Crippen molar-refractivity contribution in [2.24, 2.45) is 11.8 Å². The van der Waals surface area contributed by atoms with Crippen LogP contribution in [0.25, 0.3) is 42.2 Å². The van der Waals surface area contributed by atoms with E-state index < -0.39 is 8.07 Å². The average Bonchev–Trinajstić information content (AvgIpc) is 3.40. The van der Waals surface area contributed by atoms with Crippen LogP contribution in [0.1, 0.15) is 78.7 Å². The summed E-state index contributed by atoms with van der Waals surface area (Å²) in [6.45, 7) is 19.9. The van der Waals surface area contributed by atoms with Crippen molar-refractivity contribution in [2.75, 3.05) is 0 Å². The molecule has 2 aromatic heterocycles. The van der Waals surface area contributed by atoms with Gasteiger partial charge in [-0.3, -0.25) is 9.78 Å². The van der Waals surface area contributed by atoms with Crippen molar-refractivity contribution in [1.82, 2.24) is 4.98 Å². The molecule has 0 aliphatic carbocycles. The molecule has 0 bridgehead atoms. The van der Waals surface area contributed by atoms with Crippen LogP contribution in [0.15, 0.2) is 72.6 Å². The molecule has 1 N–H and O–H groups in total. The SMILES string of the molecule is CC(C)c1cc(-c2nccc3sc4c([Si](C)(C)C)cccc4c23)[c-]c2ccccc12.CCC(CC)C(=O)/C=C(\O)C(CC)CC.[Ir]. The number of pyridine rings is 1. The van der Waals surface area contributed by atoms with Crippen LogP contribution in [-0.4, -0.2) is 23.9 Å². The molecule has 0 spiro atoms. The minimum absolute atomic E-state index is 0. The van der Waals surface area contributed by atoms with E-state index >= 15 is 0 Å². The molecule has 3 nitrogen and oxygen atoms in total. The molecule has 6 heteroatoms. The van der Waals surface area contributed by atoms with Crippen LogP contribution in [0.2, 0.25) is 19.6 Å². The molecule has 0 unspecified atom stereocenters. The van der Waals surface area contributed by atoms with Gasteiger partial charge in [-0.15, -0.1) is 40.5 Å². The fraction of sp³-hybridized carbons (Fsp3) is 0.400. The molecule has 0 aliphatic rings. The number of ketones is 1. The number of nitrogens with zero attached hydrogens (tertiary/aromatic N) is 1. The summed E-state index contributed by atoms with van der Waals surface area (Å²) in [5.74, 6) is 0.992. The quantitative estimate of drug-likeness (QED) is 0.0660. The van der Waals surface area contributed by atoms with E-state index in [1.165, 1.54) is 47.8 Å². The average molecular weight is 829 g/mol. The molecule has 0 saturated heterocycles. The van der Waals surface area contributed by atoms with E-state index in [-0.39, 0.29) is 43.5 Å². The van der Waals surface area contributed by atoms with E-state index in [0.29, 0.717) is 5.92 Å². The number of thiophene rings is 1. The molecule has 3 aromatic carbocycles. The van der Waals surface area contributed by atoms with Crippen molar-refractivity contribution in [3.05, 3.63) is 84.3 Å². The van der Waals surface area contributed by atoms with Crippen LogP contribution in [0, 0.1) is 17.9 Å². The molecule has 0 fully saturated rings. The van der Waals surface area contributed by atoms with Gasteiger partial charge >= 0.3 is 0 Å².